The number of amides is 1. The van der Waals surface area contributed by atoms with Crippen LogP contribution in [0.15, 0.2) is 4.99 Å². The first-order valence-electron chi connectivity index (χ1n) is 9.46. The molecule has 1 N–H and O–H groups in total. The van der Waals surface area contributed by atoms with Gasteiger partial charge in [0.05, 0.1) is 0 Å². The summed E-state index contributed by atoms with van der Waals surface area (Å²) in [4.78, 5) is 20.6. The smallest absolute Gasteiger partial charge is 0.219 e. The summed E-state index contributed by atoms with van der Waals surface area (Å²) in [5.41, 5.74) is 0. The summed E-state index contributed by atoms with van der Waals surface area (Å²) in [5.74, 6) is 4.18. The second-order valence-corrected chi connectivity index (χ2v) is 7.45. The molecule has 1 amide bonds. The minimum atomic E-state index is 0. The van der Waals surface area contributed by atoms with Gasteiger partial charge in [0, 0.05) is 46.2 Å². The Morgan fingerprint density at radius 1 is 1.12 bits per heavy atom. The van der Waals surface area contributed by atoms with Gasteiger partial charge in [0.2, 0.25) is 5.91 Å². The number of halogens is 1. The third-order valence-electron chi connectivity index (χ3n) is 6.01. The molecule has 5 nitrogen and oxygen atoms in total. The number of hydrogen-bond acceptors (Lipinski definition) is 2. The molecule has 1 saturated heterocycles. The molecular formula is C18H33IN4O. The molecule has 6 heteroatoms. The Kier molecular flexibility index (Phi) is 7.62. The number of carbonyl (C=O) groups is 1. The Morgan fingerprint density at radius 2 is 1.83 bits per heavy atom. The van der Waals surface area contributed by atoms with Crippen LogP contribution in [0.2, 0.25) is 0 Å². The third-order valence-corrected chi connectivity index (χ3v) is 6.01. The molecule has 138 valence electrons. The average molecular weight is 448 g/mol. The van der Waals surface area contributed by atoms with Gasteiger partial charge >= 0.3 is 0 Å². The van der Waals surface area contributed by atoms with Gasteiger partial charge in [-0.3, -0.25) is 9.79 Å². The number of rotatable bonds is 4. The fraction of sp³-hybridized carbons (Fsp3) is 0.889. The van der Waals surface area contributed by atoms with Gasteiger partial charge in [0.1, 0.15) is 0 Å². The molecule has 2 aliphatic carbocycles. The van der Waals surface area contributed by atoms with Crippen LogP contribution in [0.1, 0.15) is 46.0 Å². The maximum Gasteiger partial charge on any atom is 0.219 e. The lowest BCUT2D eigenvalue weighted by Crippen LogP contribution is -2.53. The van der Waals surface area contributed by atoms with Crippen LogP contribution in [0, 0.1) is 17.8 Å². The first-order chi connectivity index (χ1) is 11.2. The molecule has 3 atom stereocenters. The quantitative estimate of drug-likeness (QED) is 0.409. The molecule has 0 radical (unpaired) electrons. The van der Waals surface area contributed by atoms with Gasteiger partial charge in [-0.25, -0.2) is 0 Å². The lowest BCUT2D eigenvalue weighted by molar-refractivity contribution is -0.130. The Bertz CT molecular complexity index is 448. The van der Waals surface area contributed by atoms with Gasteiger partial charge in [0.25, 0.3) is 0 Å². The Balaban J connectivity index is 0.00000208. The lowest BCUT2D eigenvalue weighted by atomic mass is 9.86. The van der Waals surface area contributed by atoms with E-state index in [-0.39, 0.29) is 29.9 Å². The number of nitrogens with zero attached hydrogens (tertiary/aromatic N) is 3. The van der Waals surface area contributed by atoms with Gasteiger partial charge in [-0.2, -0.15) is 0 Å². The zero-order valence-corrected chi connectivity index (χ0v) is 17.5. The van der Waals surface area contributed by atoms with Crippen LogP contribution >= 0.6 is 24.0 Å². The third kappa shape index (κ3) is 4.76. The van der Waals surface area contributed by atoms with Crippen LogP contribution < -0.4 is 5.32 Å². The van der Waals surface area contributed by atoms with Crippen LogP contribution in [-0.4, -0.2) is 60.9 Å². The van der Waals surface area contributed by atoms with Crippen molar-refractivity contribution in [3.05, 3.63) is 0 Å². The van der Waals surface area contributed by atoms with Gasteiger partial charge in [-0.1, -0.05) is 6.42 Å². The van der Waals surface area contributed by atoms with E-state index in [1.54, 1.807) is 6.92 Å². The van der Waals surface area contributed by atoms with Crippen molar-refractivity contribution in [2.24, 2.45) is 22.7 Å². The summed E-state index contributed by atoms with van der Waals surface area (Å²) >= 11 is 0. The fourth-order valence-corrected chi connectivity index (χ4v) is 4.73. The van der Waals surface area contributed by atoms with E-state index in [4.69, 9.17) is 4.99 Å². The SMILES string of the molecule is CCNC(=NCCC1CC2CCC1C2)N1CCN(C(C)=O)CC1.I. The summed E-state index contributed by atoms with van der Waals surface area (Å²) < 4.78 is 0. The van der Waals surface area contributed by atoms with Crippen molar-refractivity contribution in [1.82, 2.24) is 15.1 Å². The zero-order chi connectivity index (χ0) is 16.2. The van der Waals surface area contributed by atoms with Crippen LogP contribution in [-0.2, 0) is 4.79 Å². The van der Waals surface area contributed by atoms with E-state index in [1.165, 1.54) is 32.1 Å². The van der Waals surface area contributed by atoms with E-state index in [9.17, 15) is 4.79 Å². The van der Waals surface area contributed by atoms with E-state index in [1.807, 2.05) is 4.90 Å². The first kappa shape index (κ1) is 19.8. The Morgan fingerprint density at radius 3 is 2.38 bits per heavy atom. The normalized spacial score (nSPS) is 29.6. The second kappa shape index (κ2) is 9.25. The van der Waals surface area contributed by atoms with Gasteiger partial charge < -0.3 is 15.1 Å². The van der Waals surface area contributed by atoms with E-state index in [0.29, 0.717) is 0 Å². The molecule has 3 fully saturated rings. The van der Waals surface area contributed by atoms with Crippen LogP contribution in [0.3, 0.4) is 0 Å². The highest BCUT2D eigenvalue weighted by molar-refractivity contribution is 14.0. The predicted octanol–water partition coefficient (Wildman–Crippen LogP) is 2.56. The van der Waals surface area contributed by atoms with Crippen LogP contribution in [0.25, 0.3) is 0 Å². The van der Waals surface area contributed by atoms with E-state index in [0.717, 1.165) is 63.0 Å². The van der Waals surface area contributed by atoms with Gasteiger partial charge in [0.15, 0.2) is 5.96 Å². The van der Waals surface area contributed by atoms with E-state index in [2.05, 4.69) is 17.1 Å². The highest BCUT2D eigenvalue weighted by Gasteiger charge is 2.38. The predicted molar refractivity (Wildman–Crippen MR) is 109 cm³/mol. The minimum Gasteiger partial charge on any atom is -0.357 e. The number of aliphatic imine (C=N–C) groups is 1. The molecule has 3 aliphatic rings. The fourth-order valence-electron chi connectivity index (χ4n) is 4.73. The highest BCUT2D eigenvalue weighted by atomic mass is 127. The van der Waals surface area contributed by atoms with E-state index >= 15 is 0 Å². The van der Waals surface area contributed by atoms with Crippen molar-refractivity contribution in [3.8, 4) is 0 Å². The minimum absolute atomic E-state index is 0. The molecule has 1 heterocycles. The van der Waals surface area contributed by atoms with Crippen molar-refractivity contribution in [2.75, 3.05) is 39.3 Å². The van der Waals surface area contributed by atoms with Crippen molar-refractivity contribution in [3.63, 3.8) is 0 Å². The number of nitrogens with one attached hydrogen (secondary N) is 1. The number of guanidine groups is 1. The molecule has 2 bridgehead atoms. The van der Waals surface area contributed by atoms with Gasteiger partial charge in [-0.05, 0) is 50.4 Å². The second-order valence-electron chi connectivity index (χ2n) is 7.45. The molecule has 3 rings (SSSR count). The summed E-state index contributed by atoms with van der Waals surface area (Å²) in [6.07, 6.45) is 7.14. The van der Waals surface area contributed by atoms with Crippen molar-refractivity contribution in [2.45, 2.75) is 46.0 Å². The number of fused-ring (bicyclic) bond motifs is 2. The highest BCUT2D eigenvalue weighted by Crippen LogP contribution is 2.49. The molecular weight excluding hydrogens is 415 g/mol. The summed E-state index contributed by atoms with van der Waals surface area (Å²) in [5, 5.41) is 3.43. The maximum absolute atomic E-state index is 11.4. The van der Waals surface area contributed by atoms with Crippen molar-refractivity contribution < 1.29 is 4.79 Å². The lowest BCUT2D eigenvalue weighted by Gasteiger charge is -2.36. The Labute approximate surface area is 163 Å². The monoisotopic (exact) mass is 448 g/mol. The average Bonchev–Trinajstić information content (AvgIpc) is 3.17. The summed E-state index contributed by atoms with van der Waals surface area (Å²) in [6.45, 7) is 9.03. The molecule has 1 aliphatic heterocycles. The molecule has 0 aromatic heterocycles. The molecule has 0 aromatic carbocycles. The number of carbonyl (C=O) groups excluding carboxylic acids is 1. The van der Waals surface area contributed by atoms with Gasteiger partial charge in [-0.15, -0.1) is 24.0 Å². The topological polar surface area (TPSA) is 47.9 Å². The van der Waals surface area contributed by atoms with E-state index < -0.39 is 0 Å². The summed E-state index contributed by atoms with van der Waals surface area (Å²) in [7, 11) is 0. The van der Waals surface area contributed by atoms with Crippen LogP contribution in [0.5, 0.6) is 0 Å². The van der Waals surface area contributed by atoms with Crippen LogP contribution in [0.4, 0.5) is 0 Å². The molecule has 0 aromatic rings. The van der Waals surface area contributed by atoms with Crippen molar-refractivity contribution in [1.29, 1.82) is 0 Å². The standard InChI is InChI=1S/C18H32N4O.HI/c1-3-19-18(22-10-8-21(9-11-22)14(2)23)20-7-6-17-13-15-4-5-16(17)12-15;/h15-17H,3-13H2,1-2H3,(H,19,20);1H. The Hall–Kier alpha value is -0.530. The molecule has 24 heavy (non-hydrogen) atoms. The maximum atomic E-state index is 11.4. The number of hydrogen-bond donors (Lipinski definition) is 1. The molecule has 0 spiro atoms. The summed E-state index contributed by atoms with van der Waals surface area (Å²) in [6, 6.07) is 0. The number of piperazine rings is 1. The van der Waals surface area contributed by atoms with Crippen molar-refractivity contribution >= 4 is 35.8 Å². The molecule has 3 unspecified atom stereocenters. The first-order valence-corrected chi connectivity index (χ1v) is 9.46. The molecule has 2 saturated carbocycles. The largest absolute Gasteiger partial charge is 0.357 e. The zero-order valence-electron chi connectivity index (χ0n) is 15.2.